The Morgan fingerprint density at radius 3 is 2.61 bits per heavy atom. The summed E-state index contributed by atoms with van der Waals surface area (Å²) in [5, 5.41) is 13.4. The molecule has 2 aliphatic rings. The van der Waals surface area contributed by atoms with Crippen LogP contribution in [-0.2, 0) is 11.3 Å². The number of likely N-dealkylation sites (tertiary alicyclic amines) is 1. The van der Waals surface area contributed by atoms with Crippen molar-refractivity contribution in [2.75, 3.05) is 33.4 Å². The van der Waals surface area contributed by atoms with E-state index in [1.807, 2.05) is 6.07 Å². The van der Waals surface area contributed by atoms with Gasteiger partial charge in [-0.15, -0.1) is 0 Å². The van der Waals surface area contributed by atoms with Crippen LogP contribution in [0.25, 0.3) is 0 Å². The highest BCUT2D eigenvalue weighted by Crippen LogP contribution is 2.27. The van der Waals surface area contributed by atoms with E-state index in [0.717, 1.165) is 56.5 Å². The maximum Gasteiger partial charge on any atom is 0.194 e. The zero-order chi connectivity index (χ0) is 19.8. The number of methoxy groups -OCH3 is 1. The summed E-state index contributed by atoms with van der Waals surface area (Å²) in [4.78, 5) is 7.10. The van der Waals surface area contributed by atoms with Gasteiger partial charge < -0.3 is 24.8 Å². The van der Waals surface area contributed by atoms with E-state index in [9.17, 15) is 5.11 Å². The number of benzene rings is 1. The SMILES string of the molecule is CCNC(=NCc1ccc(OC)c(O)c1)N1CCC(OCC2CCCC2)CC1. The van der Waals surface area contributed by atoms with E-state index in [-0.39, 0.29) is 5.75 Å². The summed E-state index contributed by atoms with van der Waals surface area (Å²) in [6.45, 7) is 6.33. The van der Waals surface area contributed by atoms with Crippen LogP contribution < -0.4 is 10.1 Å². The molecule has 0 aromatic heterocycles. The van der Waals surface area contributed by atoms with Crippen LogP contribution in [0, 0.1) is 5.92 Å². The molecule has 2 N–H and O–H groups in total. The molecule has 2 fully saturated rings. The molecule has 1 aromatic carbocycles. The molecule has 1 aromatic rings. The number of phenolic OH excluding ortho intramolecular Hbond substituents is 1. The van der Waals surface area contributed by atoms with Gasteiger partial charge in [-0.2, -0.15) is 0 Å². The first-order valence-corrected chi connectivity index (χ1v) is 10.7. The van der Waals surface area contributed by atoms with Crippen LogP contribution >= 0.6 is 0 Å². The van der Waals surface area contributed by atoms with E-state index >= 15 is 0 Å². The zero-order valence-electron chi connectivity index (χ0n) is 17.3. The monoisotopic (exact) mass is 389 g/mol. The minimum atomic E-state index is 0.153. The fraction of sp³-hybridized carbons (Fsp3) is 0.682. The van der Waals surface area contributed by atoms with Gasteiger partial charge in [-0.05, 0) is 56.2 Å². The third kappa shape index (κ3) is 5.77. The zero-order valence-corrected chi connectivity index (χ0v) is 17.3. The Kier molecular flexibility index (Phi) is 7.83. The topological polar surface area (TPSA) is 66.3 Å². The molecule has 0 atom stereocenters. The number of piperidine rings is 1. The normalized spacial score (nSPS) is 19.2. The number of nitrogens with zero attached hydrogens (tertiary/aromatic N) is 2. The lowest BCUT2D eigenvalue weighted by Crippen LogP contribution is -2.47. The van der Waals surface area contributed by atoms with Crippen molar-refractivity contribution < 1.29 is 14.6 Å². The fourth-order valence-electron chi connectivity index (χ4n) is 4.11. The predicted octanol–water partition coefficient (Wildman–Crippen LogP) is 3.54. The van der Waals surface area contributed by atoms with Gasteiger partial charge in [-0.3, -0.25) is 0 Å². The van der Waals surface area contributed by atoms with Gasteiger partial charge in [0.05, 0.1) is 19.8 Å². The number of phenols is 1. The van der Waals surface area contributed by atoms with Crippen molar-refractivity contribution in [1.82, 2.24) is 10.2 Å². The summed E-state index contributed by atoms with van der Waals surface area (Å²) in [7, 11) is 1.55. The highest BCUT2D eigenvalue weighted by atomic mass is 16.5. The number of aromatic hydroxyl groups is 1. The molecular weight excluding hydrogens is 354 g/mol. The van der Waals surface area contributed by atoms with Gasteiger partial charge in [0.15, 0.2) is 17.5 Å². The lowest BCUT2D eigenvalue weighted by molar-refractivity contribution is 0.00101. The largest absolute Gasteiger partial charge is 0.504 e. The van der Waals surface area contributed by atoms with E-state index < -0.39 is 0 Å². The third-order valence-corrected chi connectivity index (χ3v) is 5.77. The first-order chi connectivity index (χ1) is 13.7. The molecule has 0 unspecified atom stereocenters. The summed E-state index contributed by atoms with van der Waals surface area (Å²) >= 11 is 0. The van der Waals surface area contributed by atoms with Crippen molar-refractivity contribution >= 4 is 5.96 Å². The molecule has 3 rings (SSSR count). The average Bonchev–Trinajstić information content (AvgIpc) is 3.24. The second-order valence-corrected chi connectivity index (χ2v) is 7.85. The summed E-state index contributed by atoms with van der Waals surface area (Å²) in [5.74, 6) is 2.37. The molecule has 1 heterocycles. The highest BCUT2D eigenvalue weighted by molar-refractivity contribution is 5.80. The van der Waals surface area contributed by atoms with Gasteiger partial charge in [0.1, 0.15) is 0 Å². The van der Waals surface area contributed by atoms with Gasteiger partial charge in [0.25, 0.3) is 0 Å². The molecule has 0 bridgehead atoms. The van der Waals surface area contributed by atoms with Crippen LogP contribution in [-0.4, -0.2) is 55.4 Å². The lowest BCUT2D eigenvalue weighted by Gasteiger charge is -2.34. The van der Waals surface area contributed by atoms with Crippen LogP contribution in [0.1, 0.15) is 51.0 Å². The molecule has 6 heteroatoms. The number of rotatable bonds is 7. The van der Waals surface area contributed by atoms with E-state index in [2.05, 4.69) is 17.1 Å². The first-order valence-electron chi connectivity index (χ1n) is 10.7. The summed E-state index contributed by atoms with van der Waals surface area (Å²) < 4.78 is 11.3. The van der Waals surface area contributed by atoms with E-state index in [4.69, 9.17) is 14.5 Å². The van der Waals surface area contributed by atoms with Gasteiger partial charge in [-0.25, -0.2) is 4.99 Å². The second-order valence-electron chi connectivity index (χ2n) is 7.85. The molecule has 6 nitrogen and oxygen atoms in total. The van der Waals surface area contributed by atoms with Gasteiger partial charge in [-0.1, -0.05) is 18.9 Å². The van der Waals surface area contributed by atoms with Crippen molar-refractivity contribution in [2.24, 2.45) is 10.9 Å². The van der Waals surface area contributed by atoms with Gasteiger partial charge in [0.2, 0.25) is 0 Å². The third-order valence-electron chi connectivity index (χ3n) is 5.77. The molecule has 1 aliphatic carbocycles. The Balaban J connectivity index is 1.50. The molecule has 156 valence electrons. The van der Waals surface area contributed by atoms with Crippen LogP contribution in [0.15, 0.2) is 23.2 Å². The lowest BCUT2D eigenvalue weighted by atomic mass is 10.1. The number of aliphatic imine (C=N–C) groups is 1. The molecule has 1 aliphatic heterocycles. The van der Waals surface area contributed by atoms with Gasteiger partial charge in [0, 0.05) is 26.2 Å². The average molecular weight is 390 g/mol. The summed E-state index contributed by atoms with van der Waals surface area (Å²) in [5.41, 5.74) is 0.962. The first kappa shape index (κ1) is 20.8. The molecule has 0 radical (unpaired) electrons. The number of hydrogen-bond donors (Lipinski definition) is 2. The minimum Gasteiger partial charge on any atom is -0.504 e. The quantitative estimate of drug-likeness (QED) is 0.552. The number of hydrogen-bond acceptors (Lipinski definition) is 4. The van der Waals surface area contributed by atoms with E-state index in [0.29, 0.717) is 18.4 Å². The Hall–Kier alpha value is -1.95. The number of guanidine groups is 1. The molecule has 28 heavy (non-hydrogen) atoms. The summed E-state index contributed by atoms with van der Waals surface area (Å²) in [6, 6.07) is 5.43. The molecule has 1 saturated heterocycles. The number of ether oxygens (including phenoxy) is 2. The number of nitrogens with one attached hydrogen (secondary N) is 1. The smallest absolute Gasteiger partial charge is 0.194 e. The minimum absolute atomic E-state index is 0.153. The predicted molar refractivity (Wildman–Crippen MR) is 112 cm³/mol. The molecule has 1 saturated carbocycles. The van der Waals surface area contributed by atoms with Crippen LogP contribution in [0.4, 0.5) is 0 Å². The Labute approximate surface area is 168 Å². The Morgan fingerprint density at radius 2 is 1.96 bits per heavy atom. The maximum atomic E-state index is 9.95. The standard InChI is InChI=1S/C22H35N3O3/c1-3-23-22(24-15-18-8-9-21(27-2)20(26)14-18)25-12-10-19(11-13-25)28-16-17-6-4-5-7-17/h8-9,14,17,19,26H,3-7,10-13,15-16H2,1-2H3,(H,23,24). The molecule has 0 amide bonds. The van der Waals surface area contributed by atoms with Gasteiger partial charge >= 0.3 is 0 Å². The van der Waals surface area contributed by atoms with Crippen molar-refractivity contribution in [3.63, 3.8) is 0 Å². The van der Waals surface area contributed by atoms with E-state index in [1.54, 1.807) is 19.2 Å². The van der Waals surface area contributed by atoms with Crippen molar-refractivity contribution in [3.05, 3.63) is 23.8 Å². The molecule has 0 spiro atoms. The Morgan fingerprint density at radius 1 is 1.21 bits per heavy atom. The van der Waals surface area contributed by atoms with Crippen molar-refractivity contribution in [1.29, 1.82) is 0 Å². The van der Waals surface area contributed by atoms with Crippen LogP contribution in [0.3, 0.4) is 0 Å². The molecular formula is C22H35N3O3. The maximum absolute atomic E-state index is 9.95. The van der Waals surface area contributed by atoms with E-state index in [1.165, 1.54) is 25.7 Å². The van der Waals surface area contributed by atoms with Crippen molar-refractivity contribution in [3.8, 4) is 11.5 Å². The summed E-state index contributed by atoms with van der Waals surface area (Å²) in [6.07, 6.45) is 7.94. The highest BCUT2D eigenvalue weighted by Gasteiger charge is 2.23. The fourth-order valence-corrected chi connectivity index (χ4v) is 4.11. The van der Waals surface area contributed by atoms with Crippen LogP contribution in [0.5, 0.6) is 11.5 Å². The van der Waals surface area contributed by atoms with Crippen molar-refractivity contribution in [2.45, 2.75) is 58.1 Å². The van der Waals surface area contributed by atoms with Crippen LogP contribution in [0.2, 0.25) is 0 Å². The Bertz CT molecular complexity index is 636. The second kappa shape index (κ2) is 10.6.